The molecule has 6 heteroatoms. The first kappa shape index (κ1) is 16.7. The van der Waals surface area contributed by atoms with Gasteiger partial charge in [0.2, 0.25) is 0 Å². The number of ether oxygens (including phenoxy) is 1. The van der Waals surface area contributed by atoms with E-state index >= 15 is 0 Å². The second-order valence-electron chi connectivity index (χ2n) is 4.64. The molecule has 0 amide bonds. The zero-order valence-electron chi connectivity index (χ0n) is 12.6. The van der Waals surface area contributed by atoms with Gasteiger partial charge < -0.3 is 15.0 Å². The number of nitrogens with one attached hydrogen (secondary N) is 1. The lowest BCUT2D eigenvalue weighted by atomic mass is 10.2. The van der Waals surface area contributed by atoms with Crippen molar-refractivity contribution < 1.29 is 9.13 Å². The SMILES string of the molecule is COc1ccccc1NC(=S)N(CCC#N)c1ccccc1F. The predicted molar refractivity (Wildman–Crippen MR) is 93.2 cm³/mol. The Morgan fingerprint density at radius 1 is 1.26 bits per heavy atom. The van der Waals surface area contributed by atoms with Crippen LogP contribution < -0.4 is 15.0 Å². The highest BCUT2D eigenvalue weighted by Gasteiger charge is 2.16. The van der Waals surface area contributed by atoms with Crippen LogP contribution >= 0.6 is 12.2 Å². The molecule has 0 saturated carbocycles. The highest BCUT2D eigenvalue weighted by molar-refractivity contribution is 7.80. The Balaban J connectivity index is 2.27. The summed E-state index contributed by atoms with van der Waals surface area (Å²) in [6.45, 7) is 0.290. The monoisotopic (exact) mass is 329 g/mol. The fourth-order valence-corrected chi connectivity index (χ4v) is 2.39. The topological polar surface area (TPSA) is 48.3 Å². The molecule has 1 N–H and O–H groups in total. The molecule has 0 fully saturated rings. The van der Waals surface area contributed by atoms with E-state index in [2.05, 4.69) is 11.4 Å². The van der Waals surface area contributed by atoms with Crippen LogP contribution in [0.1, 0.15) is 6.42 Å². The molecular formula is C17H16FN3OS. The predicted octanol–water partition coefficient (Wildman–Crippen LogP) is 3.95. The van der Waals surface area contributed by atoms with E-state index in [4.69, 9.17) is 22.2 Å². The summed E-state index contributed by atoms with van der Waals surface area (Å²) in [5.41, 5.74) is 1.01. The smallest absolute Gasteiger partial charge is 0.178 e. The number of nitrogens with zero attached hydrogens (tertiary/aromatic N) is 2. The number of rotatable bonds is 5. The molecule has 0 heterocycles. The average Bonchev–Trinajstić information content (AvgIpc) is 2.57. The van der Waals surface area contributed by atoms with Gasteiger partial charge in [0.25, 0.3) is 0 Å². The van der Waals surface area contributed by atoms with Gasteiger partial charge in [0.15, 0.2) is 5.11 Å². The number of hydrogen-bond acceptors (Lipinski definition) is 3. The van der Waals surface area contributed by atoms with Crippen molar-refractivity contribution in [3.05, 3.63) is 54.3 Å². The third-order valence-corrected chi connectivity index (χ3v) is 3.51. The van der Waals surface area contributed by atoms with E-state index in [1.54, 1.807) is 36.3 Å². The maximum absolute atomic E-state index is 14.1. The largest absolute Gasteiger partial charge is 0.495 e. The molecule has 0 aliphatic heterocycles. The fourth-order valence-electron chi connectivity index (χ4n) is 2.09. The van der Waals surface area contributed by atoms with Gasteiger partial charge in [0.1, 0.15) is 11.6 Å². The first-order valence-electron chi connectivity index (χ1n) is 7.00. The number of nitriles is 1. The van der Waals surface area contributed by atoms with Crippen LogP contribution in [0.2, 0.25) is 0 Å². The van der Waals surface area contributed by atoms with Gasteiger partial charge in [-0.3, -0.25) is 0 Å². The van der Waals surface area contributed by atoms with Crippen LogP contribution in [0.25, 0.3) is 0 Å². The Bertz CT molecular complexity index is 730. The van der Waals surface area contributed by atoms with Crippen molar-refractivity contribution in [2.24, 2.45) is 0 Å². The van der Waals surface area contributed by atoms with Gasteiger partial charge in [-0.15, -0.1) is 0 Å². The zero-order chi connectivity index (χ0) is 16.7. The third-order valence-electron chi connectivity index (χ3n) is 3.18. The van der Waals surface area contributed by atoms with E-state index < -0.39 is 5.82 Å². The lowest BCUT2D eigenvalue weighted by molar-refractivity contribution is 0.417. The van der Waals surface area contributed by atoms with Crippen molar-refractivity contribution in [3.63, 3.8) is 0 Å². The average molecular weight is 329 g/mol. The Morgan fingerprint density at radius 3 is 2.65 bits per heavy atom. The molecule has 0 aliphatic carbocycles. The lowest BCUT2D eigenvalue weighted by Crippen LogP contribution is -2.36. The minimum absolute atomic E-state index is 0.224. The molecule has 0 aromatic heterocycles. The van der Waals surface area contributed by atoms with Crippen molar-refractivity contribution in [2.45, 2.75) is 6.42 Å². The third kappa shape index (κ3) is 4.18. The number of thiocarbonyl (C=S) groups is 1. The summed E-state index contributed by atoms with van der Waals surface area (Å²) in [5, 5.41) is 12.2. The van der Waals surface area contributed by atoms with Crippen molar-refractivity contribution in [1.29, 1.82) is 5.26 Å². The molecular weight excluding hydrogens is 313 g/mol. The van der Waals surface area contributed by atoms with Gasteiger partial charge in [0, 0.05) is 6.54 Å². The first-order chi connectivity index (χ1) is 11.2. The Labute approximate surface area is 140 Å². The van der Waals surface area contributed by atoms with Gasteiger partial charge in [-0.2, -0.15) is 5.26 Å². The van der Waals surface area contributed by atoms with E-state index in [1.807, 2.05) is 18.2 Å². The number of halogens is 1. The summed E-state index contributed by atoms with van der Waals surface area (Å²) in [7, 11) is 1.56. The van der Waals surface area contributed by atoms with Crippen LogP contribution in [0.3, 0.4) is 0 Å². The van der Waals surface area contributed by atoms with Crippen molar-refractivity contribution in [3.8, 4) is 11.8 Å². The quantitative estimate of drug-likeness (QED) is 0.842. The minimum Gasteiger partial charge on any atom is -0.495 e. The normalized spacial score (nSPS) is 9.78. The highest BCUT2D eigenvalue weighted by Crippen LogP contribution is 2.25. The van der Waals surface area contributed by atoms with Crippen molar-refractivity contribution in [1.82, 2.24) is 0 Å². The summed E-state index contributed by atoms with van der Waals surface area (Å²) in [5.74, 6) is 0.234. The summed E-state index contributed by atoms with van der Waals surface area (Å²) in [6.07, 6.45) is 0.224. The van der Waals surface area contributed by atoms with Crippen molar-refractivity contribution >= 4 is 28.7 Å². The molecule has 0 saturated heterocycles. The second-order valence-corrected chi connectivity index (χ2v) is 5.03. The van der Waals surface area contributed by atoms with Gasteiger partial charge in [0.05, 0.1) is 31.0 Å². The highest BCUT2D eigenvalue weighted by atomic mass is 32.1. The van der Waals surface area contributed by atoms with E-state index in [1.165, 1.54) is 6.07 Å². The van der Waals surface area contributed by atoms with Crippen LogP contribution in [0.5, 0.6) is 5.75 Å². The second kappa shape index (κ2) is 8.11. The molecule has 0 atom stereocenters. The van der Waals surface area contributed by atoms with Crippen LogP contribution in [-0.2, 0) is 0 Å². The summed E-state index contributed by atoms with van der Waals surface area (Å²) in [6, 6.07) is 15.7. The van der Waals surface area contributed by atoms with Crippen LogP contribution in [-0.4, -0.2) is 18.8 Å². The Kier molecular flexibility index (Phi) is 5.89. The molecule has 2 aromatic rings. The van der Waals surface area contributed by atoms with Crippen LogP contribution in [0.4, 0.5) is 15.8 Å². The van der Waals surface area contributed by atoms with Gasteiger partial charge in [-0.05, 0) is 36.5 Å². The molecule has 0 radical (unpaired) electrons. The number of anilines is 2. The molecule has 0 bridgehead atoms. The zero-order valence-corrected chi connectivity index (χ0v) is 13.4. The standard InChI is InChI=1S/C17H16FN3OS/c1-22-16-10-5-3-8-14(16)20-17(23)21(12-6-11-19)15-9-4-2-7-13(15)18/h2-5,7-10H,6,12H2,1H3,(H,20,23). The molecule has 4 nitrogen and oxygen atoms in total. The minimum atomic E-state index is -0.394. The summed E-state index contributed by atoms with van der Waals surface area (Å²) >= 11 is 5.40. The summed E-state index contributed by atoms with van der Waals surface area (Å²) in [4.78, 5) is 1.57. The van der Waals surface area contributed by atoms with Gasteiger partial charge >= 0.3 is 0 Å². The summed E-state index contributed by atoms with van der Waals surface area (Å²) < 4.78 is 19.3. The molecule has 2 rings (SSSR count). The van der Waals surface area contributed by atoms with E-state index in [0.29, 0.717) is 28.8 Å². The fraction of sp³-hybridized carbons (Fsp3) is 0.176. The van der Waals surface area contributed by atoms with Crippen molar-refractivity contribution in [2.75, 3.05) is 23.9 Å². The molecule has 0 spiro atoms. The van der Waals surface area contributed by atoms with Gasteiger partial charge in [-0.1, -0.05) is 24.3 Å². The molecule has 0 aliphatic rings. The lowest BCUT2D eigenvalue weighted by Gasteiger charge is -2.26. The van der Waals surface area contributed by atoms with Gasteiger partial charge in [-0.25, -0.2) is 4.39 Å². The molecule has 0 unspecified atom stereocenters. The molecule has 2 aromatic carbocycles. The number of hydrogen-bond donors (Lipinski definition) is 1. The molecule has 118 valence electrons. The van der Waals surface area contributed by atoms with E-state index in [9.17, 15) is 4.39 Å². The van der Waals surface area contributed by atoms with Crippen LogP contribution in [0.15, 0.2) is 48.5 Å². The Hall–Kier alpha value is -2.65. The molecule has 23 heavy (non-hydrogen) atoms. The van der Waals surface area contributed by atoms with Crippen LogP contribution in [0, 0.1) is 17.1 Å². The van der Waals surface area contributed by atoms with E-state index in [-0.39, 0.29) is 6.42 Å². The Morgan fingerprint density at radius 2 is 1.96 bits per heavy atom. The maximum atomic E-state index is 14.1. The number of methoxy groups -OCH3 is 1. The van der Waals surface area contributed by atoms with E-state index in [0.717, 1.165) is 0 Å². The number of para-hydroxylation sites is 3. The first-order valence-corrected chi connectivity index (χ1v) is 7.41. The maximum Gasteiger partial charge on any atom is 0.178 e. The number of benzene rings is 2.